The average molecular weight is 187 g/mol. The SMILES string of the molecule is COCCCCOCC1CCCN1. The summed E-state index contributed by atoms with van der Waals surface area (Å²) < 4.78 is 10.5. The zero-order valence-electron chi connectivity index (χ0n) is 8.55. The van der Waals surface area contributed by atoms with Crippen molar-refractivity contribution in [2.75, 3.05) is 33.5 Å². The minimum atomic E-state index is 0.613. The fraction of sp³-hybridized carbons (Fsp3) is 1.00. The van der Waals surface area contributed by atoms with Gasteiger partial charge in [0.1, 0.15) is 0 Å². The number of methoxy groups -OCH3 is 1. The van der Waals surface area contributed by atoms with Crippen LogP contribution in [0, 0.1) is 0 Å². The molecule has 0 bridgehead atoms. The van der Waals surface area contributed by atoms with Gasteiger partial charge in [0.2, 0.25) is 0 Å². The molecule has 78 valence electrons. The summed E-state index contributed by atoms with van der Waals surface area (Å²) in [6, 6.07) is 0.613. The van der Waals surface area contributed by atoms with Crippen molar-refractivity contribution in [2.24, 2.45) is 0 Å². The van der Waals surface area contributed by atoms with E-state index < -0.39 is 0 Å². The summed E-state index contributed by atoms with van der Waals surface area (Å²) in [6.07, 6.45) is 4.80. The molecule has 1 atom stereocenters. The Morgan fingerprint density at radius 1 is 1.31 bits per heavy atom. The molecule has 1 rings (SSSR count). The first-order valence-corrected chi connectivity index (χ1v) is 5.23. The van der Waals surface area contributed by atoms with Crippen LogP contribution in [0.2, 0.25) is 0 Å². The van der Waals surface area contributed by atoms with E-state index in [1.165, 1.54) is 12.8 Å². The van der Waals surface area contributed by atoms with E-state index in [2.05, 4.69) is 5.32 Å². The molecular weight excluding hydrogens is 166 g/mol. The predicted octanol–water partition coefficient (Wildman–Crippen LogP) is 1.18. The topological polar surface area (TPSA) is 30.5 Å². The van der Waals surface area contributed by atoms with Crippen molar-refractivity contribution in [3.63, 3.8) is 0 Å². The van der Waals surface area contributed by atoms with Crippen LogP contribution in [-0.4, -0.2) is 39.5 Å². The summed E-state index contributed by atoms with van der Waals surface area (Å²) >= 11 is 0. The highest BCUT2D eigenvalue weighted by atomic mass is 16.5. The summed E-state index contributed by atoms with van der Waals surface area (Å²) in [7, 11) is 1.74. The summed E-state index contributed by atoms with van der Waals surface area (Å²) in [5.41, 5.74) is 0. The number of hydrogen-bond acceptors (Lipinski definition) is 3. The zero-order chi connectivity index (χ0) is 9.36. The van der Waals surface area contributed by atoms with Gasteiger partial charge < -0.3 is 14.8 Å². The standard InChI is InChI=1S/C10H21NO2/c1-12-7-2-3-8-13-9-10-5-4-6-11-10/h10-11H,2-9H2,1H3. The molecule has 0 aromatic carbocycles. The van der Waals surface area contributed by atoms with Gasteiger partial charge in [-0.1, -0.05) is 0 Å². The molecule has 1 fully saturated rings. The maximum absolute atomic E-state index is 5.55. The first-order chi connectivity index (χ1) is 6.43. The zero-order valence-corrected chi connectivity index (χ0v) is 8.55. The molecule has 0 amide bonds. The molecule has 1 N–H and O–H groups in total. The lowest BCUT2D eigenvalue weighted by molar-refractivity contribution is 0.104. The average Bonchev–Trinajstić information content (AvgIpc) is 2.63. The van der Waals surface area contributed by atoms with E-state index in [0.717, 1.165) is 39.2 Å². The third kappa shape index (κ3) is 5.24. The van der Waals surface area contributed by atoms with Crippen molar-refractivity contribution >= 4 is 0 Å². The van der Waals surface area contributed by atoms with Gasteiger partial charge in [0, 0.05) is 26.4 Å². The molecule has 3 nitrogen and oxygen atoms in total. The summed E-state index contributed by atoms with van der Waals surface area (Å²) in [5, 5.41) is 3.41. The normalized spacial score (nSPS) is 22.4. The first-order valence-electron chi connectivity index (χ1n) is 5.23. The van der Waals surface area contributed by atoms with Crippen LogP contribution in [0.15, 0.2) is 0 Å². The fourth-order valence-corrected chi connectivity index (χ4v) is 1.58. The highest BCUT2D eigenvalue weighted by Gasteiger charge is 2.12. The van der Waals surface area contributed by atoms with E-state index >= 15 is 0 Å². The molecule has 1 aliphatic rings. The highest BCUT2D eigenvalue weighted by Crippen LogP contribution is 2.05. The summed E-state index contributed by atoms with van der Waals surface area (Å²) in [4.78, 5) is 0. The maximum atomic E-state index is 5.55. The van der Waals surface area contributed by atoms with Gasteiger partial charge in [0.05, 0.1) is 6.61 Å². The molecular formula is C10H21NO2. The monoisotopic (exact) mass is 187 g/mol. The molecule has 1 saturated heterocycles. The van der Waals surface area contributed by atoms with Gasteiger partial charge in [-0.2, -0.15) is 0 Å². The fourth-order valence-electron chi connectivity index (χ4n) is 1.58. The van der Waals surface area contributed by atoms with Gasteiger partial charge in [-0.15, -0.1) is 0 Å². The van der Waals surface area contributed by atoms with Gasteiger partial charge in [-0.05, 0) is 32.2 Å². The Hall–Kier alpha value is -0.120. The predicted molar refractivity (Wildman–Crippen MR) is 53.0 cm³/mol. The Morgan fingerprint density at radius 3 is 2.85 bits per heavy atom. The highest BCUT2D eigenvalue weighted by molar-refractivity contribution is 4.73. The minimum absolute atomic E-state index is 0.613. The Balaban J connectivity index is 1.78. The van der Waals surface area contributed by atoms with Crippen LogP contribution in [0.4, 0.5) is 0 Å². The Bertz CT molecular complexity index is 113. The maximum Gasteiger partial charge on any atom is 0.0619 e. The lowest BCUT2D eigenvalue weighted by Gasteiger charge is -2.10. The molecule has 3 heteroatoms. The van der Waals surface area contributed by atoms with Crippen molar-refractivity contribution in [1.82, 2.24) is 5.32 Å². The molecule has 0 aromatic rings. The van der Waals surface area contributed by atoms with Crippen molar-refractivity contribution in [2.45, 2.75) is 31.7 Å². The van der Waals surface area contributed by atoms with Gasteiger partial charge >= 0.3 is 0 Å². The number of hydrogen-bond donors (Lipinski definition) is 1. The van der Waals surface area contributed by atoms with Crippen LogP contribution < -0.4 is 5.32 Å². The number of nitrogens with one attached hydrogen (secondary N) is 1. The van der Waals surface area contributed by atoms with Crippen LogP contribution in [0.3, 0.4) is 0 Å². The second kappa shape index (κ2) is 7.30. The van der Waals surface area contributed by atoms with E-state index in [-0.39, 0.29) is 0 Å². The first kappa shape index (κ1) is 11.0. The van der Waals surface area contributed by atoms with Crippen molar-refractivity contribution < 1.29 is 9.47 Å². The molecule has 1 aliphatic heterocycles. The second-order valence-electron chi connectivity index (χ2n) is 3.57. The quantitative estimate of drug-likeness (QED) is 0.607. The molecule has 0 radical (unpaired) electrons. The van der Waals surface area contributed by atoms with Crippen LogP contribution in [0.1, 0.15) is 25.7 Å². The molecule has 1 unspecified atom stereocenters. The number of ether oxygens (including phenoxy) is 2. The Labute approximate surface area is 80.8 Å². The smallest absolute Gasteiger partial charge is 0.0619 e. The van der Waals surface area contributed by atoms with Crippen LogP contribution in [0.5, 0.6) is 0 Å². The van der Waals surface area contributed by atoms with Crippen LogP contribution in [0.25, 0.3) is 0 Å². The van der Waals surface area contributed by atoms with E-state index in [9.17, 15) is 0 Å². The molecule has 0 aliphatic carbocycles. The third-order valence-corrected chi connectivity index (χ3v) is 2.37. The van der Waals surface area contributed by atoms with E-state index in [1.807, 2.05) is 0 Å². The molecule has 0 aromatic heterocycles. The molecule has 0 spiro atoms. The van der Waals surface area contributed by atoms with Crippen molar-refractivity contribution in [1.29, 1.82) is 0 Å². The van der Waals surface area contributed by atoms with Crippen LogP contribution >= 0.6 is 0 Å². The lowest BCUT2D eigenvalue weighted by Crippen LogP contribution is -2.26. The molecule has 1 heterocycles. The van der Waals surface area contributed by atoms with Crippen LogP contribution in [-0.2, 0) is 9.47 Å². The third-order valence-electron chi connectivity index (χ3n) is 2.37. The lowest BCUT2D eigenvalue weighted by atomic mass is 10.2. The van der Waals surface area contributed by atoms with Gasteiger partial charge in [0.15, 0.2) is 0 Å². The Kier molecular flexibility index (Phi) is 6.15. The minimum Gasteiger partial charge on any atom is -0.385 e. The number of unbranched alkanes of at least 4 members (excludes halogenated alkanes) is 1. The van der Waals surface area contributed by atoms with Gasteiger partial charge in [-0.3, -0.25) is 0 Å². The van der Waals surface area contributed by atoms with Gasteiger partial charge in [0.25, 0.3) is 0 Å². The van der Waals surface area contributed by atoms with Crippen molar-refractivity contribution in [3.8, 4) is 0 Å². The van der Waals surface area contributed by atoms with E-state index in [4.69, 9.17) is 9.47 Å². The second-order valence-corrected chi connectivity index (χ2v) is 3.57. The van der Waals surface area contributed by atoms with Gasteiger partial charge in [-0.25, -0.2) is 0 Å². The van der Waals surface area contributed by atoms with Crippen molar-refractivity contribution in [3.05, 3.63) is 0 Å². The summed E-state index contributed by atoms with van der Waals surface area (Å²) in [5.74, 6) is 0. The van der Waals surface area contributed by atoms with E-state index in [1.54, 1.807) is 7.11 Å². The molecule has 13 heavy (non-hydrogen) atoms. The molecule has 0 saturated carbocycles. The van der Waals surface area contributed by atoms with E-state index in [0.29, 0.717) is 6.04 Å². The summed E-state index contributed by atoms with van der Waals surface area (Å²) in [6.45, 7) is 3.78. The largest absolute Gasteiger partial charge is 0.385 e. The number of rotatable bonds is 7. The Morgan fingerprint density at radius 2 is 2.15 bits per heavy atom.